The summed E-state index contributed by atoms with van der Waals surface area (Å²) in [4.78, 5) is 12.2. The lowest BCUT2D eigenvalue weighted by molar-refractivity contribution is -0.143. The Labute approximate surface area is 132 Å². The lowest BCUT2D eigenvalue weighted by Crippen LogP contribution is -2.39. The number of carbonyl (C=O) groups excluding carboxylic acids is 1. The number of aromatic nitrogens is 2. The fraction of sp³-hybridized carbons (Fsp3) is 0.733. The molecule has 5 nitrogen and oxygen atoms in total. The van der Waals surface area contributed by atoms with Crippen LogP contribution < -0.4 is 5.32 Å². The lowest BCUT2D eigenvalue weighted by atomic mass is 10.0. The predicted octanol–water partition coefficient (Wildman–Crippen LogP) is 1.88. The first-order valence-electron chi connectivity index (χ1n) is 7.71. The Morgan fingerprint density at radius 1 is 1.39 bits per heavy atom. The molecule has 0 radical (unpaired) electrons. The molecule has 1 aliphatic carbocycles. The molecule has 0 unspecified atom stereocenters. The summed E-state index contributed by atoms with van der Waals surface area (Å²) in [7, 11) is 0. The van der Waals surface area contributed by atoms with Crippen molar-refractivity contribution in [1.29, 1.82) is 0 Å². The van der Waals surface area contributed by atoms with Crippen molar-refractivity contribution in [2.24, 2.45) is 5.92 Å². The van der Waals surface area contributed by atoms with Gasteiger partial charge < -0.3 is 10.4 Å². The van der Waals surface area contributed by atoms with E-state index in [0.29, 0.717) is 17.0 Å². The number of aryl methyl sites for hydroxylation is 1. The summed E-state index contributed by atoms with van der Waals surface area (Å²) in [6, 6.07) is -0.0571. The molecule has 1 aromatic rings. The van der Waals surface area contributed by atoms with Crippen LogP contribution in [0.25, 0.3) is 0 Å². The first kappa shape index (κ1) is 17.8. The number of nitrogens with zero attached hydrogens (tertiary/aromatic N) is 2. The number of hydrogen-bond acceptors (Lipinski definition) is 3. The highest BCUT2D eigenvalue weighted by molar-refractivity contribution is 5.79. The Morgan fingerprint density at radius 2 is 2.09 bits per heavy atom. The maximum Gasteiger partial charge on any atom is 0.408 e. The molecule has 0 aromatic carbocycles. The maximum absolute atomic E-state index is 12.5. The minimum absolute atomic E-state index is 0.00414. The van der Waals surface area contributed by atoms with Crippen LogP contribution in [-0.2, 0) is 17.8 Å². The van der Waals surface area contributed by atoms with Gasteiger partial charge in [0.2, 0.25) is 5.91 Å². The molecule has 2 atom stereocenters. The number of aliphatic hydroxyl groups is 1. The second-order valence-corrected chi connectivity index (χ2v) is 6.15. The fourth-order valence-corrected chi connectivity index (χ4v) is 3.18. The summed E-state index contributed by atoms with van der Waals surface area (Å²) >= 11 is 0. The average Bonchev–Trinajstić information content (AvgIpc) is 2.97. The van der Waals surface area contributed by atoms with Gasteiger partial charge in [-0.3, -0.25) is 9.48 Å². The number of rotatable bonds is 5. The molecule has 0 saturated heterocycles. The molecule has 2 rings (SSSR count). The molecule has 130 valence electrons. The van der Waals surface area contributed by atoms with Crippen LogP contribution >= 0.6 is 0 Å². The Hall–Kier alpha value is -1.57. The van der Waals surface area contributed by atoms with E-state index in [1.807, 2.05) is 0 Å². The van der Waals surface area contributed by atoms with E-state index >= 15 is 0 Å². The molecule has 1 aromatic heterocycles. The minimum atomic E-state index is -4.35. The zero-order chi connectivity index (χ0) is 17.2. The van der Waals surface area contributed by atoms with Crippen LogP contribution in [-0.4, -0.2) is 39.6 Å². The van der Waals surface area contributed by atoms with E-state index in [0.717, 1.165) is 23.9 Å². The van der Waals surface area contributed by atoms with Crippen molar-refractivity contribution in [3.8, 4) is 0 Å². The first-order chi connectivity index (χ1) is 10.7. The zero-order valence-corrected chi connectivity index (χ0v) is 13.3. The van der Waals surface area contributed by atoms with Gasteiger partial charge in [0.1, 0.15) is 6.54 Å². The third kappa shape index (κ3) is 4.46. The molecular weight excluding hydrogens is 311 g/mol. The molecule has 1 heterocycles. The normalized spacial score (nSPS) is 21.7. The van der Waals surface area contributed by atoms with E-state index in [2.05, 4.69) is 10.4 Å². The molecule has 23 heavy (non-hydrogen) atoms. The summed E-state index contributed by atoms with van der Waals surface area (Å²) in [5.41, 5.74) is 1.33. The SMILES string of the molecule is Cc1nn(CC(F)(F)F)c(C)c1CC(=O)N[C@H]1CCC[C@H]1CO. The molecule has 1 fully saturated rings. The summed E-state index contributed by atoms with van der Waals surface area (Å²) in [6.07, 6.45) is -1.69. The molecule has 0 aliphatic heterocycles. The highest BCUT2D eigenvalue weighted by Crippen LogP contribution is 2.25. The van der Waals surface area contributed by atoms with Crippen molar-refractivity contribution in [3.05, 3.63) is 17.0 Å². The van der Waals surface area contributed by atoms with E-state index in [1.54, 1.807) is 13.8 Å². The monoisotopic (exact) mass is 333 g/mol. The van der Waals surface area contributed by atoms with Crippen LogP contribution in [0.4, 0.5) is 13.2 Å². The Kier molecular flexibility index (Phi) is 5.33. The molecule has 8 heteroatoms. The van der Waals surface area contributed by atoms with Crippen molar-refractivity contribution in [2.45, 2.75) is 58.3 Å². The first-order valence-corrected chi connectivity index (χ1v) is 7.71. The third-order valence-corrected chi connectivity index (χ3v) is 4.44. The van der Waals surface area contributed by atoms with Crippen LogP contribution in [0.15, 0.2) is 0 Å². The number of alkyl halides is 3. The summed E-state index contributed by atoms with van der Waals surface area (Å²) in [6.45, 7) is 2.03. The second-order valence-electron chi connectivity index (χ2n) is 6.15. The highest BCUT2D eigenvalue weighted by Gasteiger charge is 2.31. The number of nitrogens with one attached hydrogen (secondary N) is 1. The predicted molar refractivity (Wildman–Crippen MR) is 77.8 cm³/mol. The smallest absolute Gasteiger partial charge is 0.396 e. The van der Waals surface area contributed by atoms with Crippen molar-refractivity contribution >= 4 is 5.91 Å². The summed E-state index contributed by atoms with van der Waals surface area (Å²) in [5, 5.41) is 16.0. The zero-order valence-electron chi connectivity index (χ0n) is 13.3. The van der Waals surface area contributed by atoms with Crippen LogP contribution in [0.2, 0.25) is 0 Å². The Morgan fingerprint density at radius 3 is 2.70 bits per heavy atom. The van der Waals surface area contributed by atoms with E-state index < -0.39 is 12.7 Å². The number of carbonyl (C=O) groups is 1. The van der Waals surface area contributed by atoms with Gasteiger partial charge in [-0.05, 0) is 26.7 Å². The van der Waals surface area contributed by atoms with Gasteiger partial charge >= 0.3 is 6.18 Å². The number of amides is 1. The Balaban J connectivity index is 2.03. The number of aliphatic hydroxyl groups excluding tert-OH is 1. The van der Waals surface area contributed by atoms with Crippen molar-refractivity contribution in [2.75, 3.05) is 6.61 Å². The van der Waals surface area contributed by atoms with Gasteiger partial charge in [0, 0.05) is 29.8 Å². The standard InChI is InChI=1S/C15H22F3N3O2/c1-9-12(10(2)21(20-9)8-15(16,17)18)6-14(23)19-13-5-3-4-11(13)7-22/h11,13,22H,3-8H2,1-2H3,(H,19,23)/t11-,13-/m0/s1. The fourth-order valence-electron chi connectivity index (χ4n) is 3.18. The van der Waals surface area contributed by atoms with E-state index in [-0.39, 0.29) is 30.9 Å². The molecular formula is C15H22F3N3O2. The van der Waals surface area contributed by atoms with Crippen LogP contribution in [0, 0.1) is 19.8 Å². The van der Waals surface area contributed by atoms with Crippen molar-refractivity contribution in [1.82, 2.24) is 15.1 Å². The van der Waals surface area contributed by atoms with Crippen molar-refractivity contribution < 1.29 is 23.1 Å². The van der Waals surface area contributed by atoms with Crippen LogP contribution in [0.3, 0.4) is 0 Å². The van der Waals surface area contributed by atoms with Gasteiger partial charge in [0.05, 0.1) is 12.1 Å². The van der Waals surface area contributed by atoms with Gasteiger partial charge in [-0.2, -0.15) is 18.3 Å². The second kappa shape index (κ2) is 6.90. The molecule has 0 spiro atoms. The summed E-state index contributed by atoms with van der Waals surface area (Å²) < 4.78 is 38.4. The highest BCUT2D eigenvalue weighted by atomic mass is 19.4. The largest absolute Gasteiger partial charge is 0.408 e. The topological polar surface area (TPSA) is 67.2 Å². The lowest BCUT2D eigenvalue weighted by Gasteiger charge is -2.19. The van der Waals surface area contributed by atoms with Gasteiger partial charge in [0.25, 0.3) is 0 Å². The molecule has 2 N–H and O–H groups in total. The van der Waals surface area contributed by atoms with Gasteiger partial charge in [-0.15, -0.1) is 0 Å². The third-order valence-electron chi connectivity index (χ3n) is 4.44. The van der Waals surface area contributed by atoms with E-state index in [4.69, 9.17) is 0 Å². The maximum atomic E-state index is 12.5. The van der Waals surface area contributed by atoms with Gasteiger partial charge in [-0.25, -0.2) is 0 Å². The van der Waals surface area contributed by atoms with Gasteiger partial charge in [-0.1, -0.05) is 6.42 Å². The number of halogens is 3. The van der Waals surface area contributed by atoms with Gasteiger partial charge in [0.15, 0.2) is 0 Å². The van der Waals surface area contributed by atoms with Crippen LogP contribution in [0.5, 0.6) is 0 Å². The Bertz CT molecular complexity index is 569. The molecule has 0 bridgehead atoms. The number of hydrogen-bond donors (Lipinski definition) is 2. The molecule has 1 amide bonds. The van der Waals surface area contributed by atoms with Crippen molar-refractivity contribution in [3.63, 3.8) is 0 Å². The van der Waals surface area contributed by atoms with Crippen LogP contribution in [0.1, 0.15) is 36.2 Å². The quantitative estimate of drug-likeness (QED) is 0.865. The summed E-state index contributed by atoms with van der Waals surface area (Å²) in [5.74, 6) is -0.179. The van der Waals surface area contributed by atoms with E-state index in [9.17, 15) is 23.1 Å². The van der Waals surface area contributed by atoms with E-state index in [1.165, 1.54) is 0 Å². The minimum Gasteiger partial charge on any atom is -0.396 e. The molecule has 1 aliphatic rings. The average molecular weight is 333 g/mol. The molecule has 1 saturated carbocycles.